The third kappa shape index (κ3) is 5.01. The molecule has 1 amide bonds. The first-order valence-electron chi connectivity index (χ1n) is 12.4. The number of amides is 1. The van der Waals surface area contributed by atoms with E-state index in [0.717, 1.165) is 57.6 Å². The summed E-state index contributed by atoms with van der Waals surface area (Å²) in [5, 5.41) is 21.0. The molecule has 11 heteroatoms. The fraction of sp³-hybridized carbons (Fsp3) is 0.583. The number of aliphatic hydroxyl groups excluding tert-OH is 1. The van der Waals surface area contributed by atoms with Gasteiger partial charge in [-0.2, -0.15) is 10.2 Å². The number of halogens is 1. The number of fused-ring (bicyclic) bond motifs is 1. The Bertz CT molecular complexity index is 1160. The first-order valence-corrected chi connectivity index (χ1v) is 12.4. The van der Waals surface area contributed by atoms with E-state index in [2.05, 4.69) is 20.4 Å². The predicted molar refractivity (Wildman–Crippen MR) is 128 cm³/mol. The lowest BCUT2D eigenvalue weighted by atomic mass is 9.87. The molecule has 3 aromatic heterocycles. The summed E-state index contributed by atoms with van der Waals surface area (Å²) in [6.07, 6.45) is 8.10. The molecule has 1 atom stereocenters. The molecule has 1 aliphatic carbocycles. The molecule has 0 spiro atoms. The molecule has 4 heterocycles. The Kier molecular flexibility index (Phi) is 6.96. The lowest BCUT2D eigenvalue weighted by Crippen LogP contribution is -2.27. The fourth-order valence-electron chi connectivity index (χ4n) is 4.94. The molecule has 3 aromatic rings. The van der Waals surface area contributed by atoms with Crippen LogP contribution in [0, 0.1) is 5.92 Å². The number of aliphatic hydroxyl groups is 1. The highest BCUT2D eigenvalue weighted by molar-refractivity contribution is 6.08. The Hall–Kier alpha value is -3.05. The van der Waals surface area contributed by atoms with Crippen molar-refractivity contribution in [2.24, 2.45) is 5.92 Å². The molecule has 1 saturated heterocycles. The highest BCUT2D eigenvalue weighted by Crippen LogP contribution is 2.34. The highest BCUT2D eigenvalue weighted by atomic mass is 19.1. The van der Waals surface area contributed by atoms with Gasteiger partial charge >= 0.3 is 0 Å². The number of hydrogen-bond donors (Lipinski definition) is 2. The van der Waals surface area contributed by atoms with Crippen LogP contribution in [0.1, 0.15) is 67.3 Å². The molecule has 0 bridgehead atoms. The maximum atomic E-state index is 14.4. The third-order valence-electron chi connectivity index (χ3n) is 6.98. The smallest absolute Gasteiger partial charge is 0.261 e. The van der Waals surface area contributed by atoms with Gasteiger partial charge in [-0.25, -0.2) is 13.9 Å². The minimum absolute atomic E-state index is 0.125. The Morgan fingerprint density at radius 2 is 2.11 bits per heavy atom. The molecule has 188 valence electrons. The summed E-state index contributed by atoms with van der Waals surface area (Å²) in [6.45, 7) is 4.53. The third-order valence-corrected chi connectivity index (χ3v) is 6.98. The molecule has 35 heavy (non-hydrogen) atoms. The summed E-state index contributed by atoms with van der Waals surface area (Å²) in [6, 6.07) is 2.01. The van der Waals surface area contributed by atoms with Crippen molar-refractivity contribution < 1.29 is 19.0 Å². The molecule has 2 N–H and O–H groups in total. The Morgan fingerprint density at radius 3 is 2.89 bits per heavy atom. The molecular formula is C24H32FN7O3. The van der Waals surface area contributed by atoms with Crippen molar-refractivity contribution in [1.82, 2.24) is 24.4 Å². The lowest BCUT2D eigenvalue weighted by molar-refractivity contribution is 0.102. The molecule has 1 aliphatic heterocycles. The van der Waals surface area contributed by atoms with Crippen LogP contribution in [0.25, 0.3) is 5.65 Å². The second-order valence-corrected chi connectivity index (χ2v) is 9.40. The van der Waals surface area contributed by atoms with Crippen LogP contribution in [0.15, 0.2) is 24.7 Å². The van der Waals surface area contributed by atoms with Gasteiger partial charge in [-0.05, 0) is 51.0 Å². The number of ether oxygens (including phenoxy) is 1. The second kappa shape index (κ2) is 10.3. The number of carbonyl (C=O) groups excluding carboxylic acids is 1. The molecule has 2 aliphatic rings. The minimum Gasteiger partial charge on any atom is -0.396 e. The van der Waals surface area contributed by atoms with Gasteiger partial charge in [-0.15, -0.1) is 0 Å². The van der Waals surface area contributed by atoms with Crippen molar-refractivity contribution in [3.63, 3.8) is 0 Å². The zero-order valence-corrected chi connectivity index (χ0v) is 19.9. The quantitative estimate of drug-likeness (QED) is 0.552. The van der Waals surface area contributed by atoms with Crippen LogP contribution in [-0.2, 0) is 4.74 Å². The number of nitrogens with zero attached hydrogens (tertiary/aromatic N) is 6. The highest BCUT2D eigenvalue weighted by Gasteiger charge is 2.26. The van der Waals surface area contributed by atoms with Crippen molar-refractivity contribution in [1.29, 1.82) is 0 Å². The zero-order chi connectivity index (χ0) is 24.4. The topological polar surface area (TPSA) is 110 Å². The van der Waals surface area contributed by atoms with Crippen molar-refractivity contribution in [2.45, 2.75) is 51.2 Å². The van der Waals surface area contributed by atoms with Crippen molar-refractivity contribution in [2.75, 3.05) is 43.1 Å². The van der Waals surface area contributed by atoms with Gasteiger partial charge in [0.05, 0.1) is 24.5 Å². The molecule has 0 aromatic carbocycles. The minimum atomic E-state index is -1.33. The van der Waals surface area contributed by atoms with Crippen LogP contribution in [-0.4, -0.2) is 68.3 Å². The summed E-state index contributed by atoms with van der Waals surface area (Å²) < 4.78 is 23.3. The van der Waals surface area contributed by atoms with Gasteiger partial charge in [0.2, 0.25) is 0 Å². The van der Waals surface area contributed by atoms with E-state index in [1.807, 2.05) is 6.07 Å². The summed E-state index contributed by atoms with van der Waals surface area (Å²) in [4.78, 5) is 20.1. The zero-order valence-electron chi connectivity index (χ0n) is 19.9. The van der Waals surface area contributed by atoms with E-state index in [1.54, 1.807) is 21.6 Å². The van der Waals surface area contributed by atoms with Crippen molar-refractivity contribution in [3.05, 3.63) is 35.9 Å². The van der Waals surface area contributed by atoms with E-state index in [4.69, 9.17) is 9.72 Å². The lowest BCUT2D eigenvalue weighted by Gasteiger charge is -2.27. The van der Waals surface area contributed by atoms with E-state index in [9.17, 15) is 14.3 Å². The fourth-order valence-corrected chi connectivity index (χ4v) is 4.94. The first kappa shape index (κ1) is 23.7. The van der Waals surface area contributed by atoms with E-state index in [0.29, 0.717) is 29.4 Å². The average molecular weight is 486 g/mol. The number of hydrogen-bond acceptors (Lipinski definition) is 7. The van der Waals surface area contributed by atoms with Crippen LogP contribution in [0.3, 0.4) is 0 Å². The van der Waals surface area contributed by atoms with E-state index < -0.39 is 12.1 Å². The molecule has 2 fully saturated rings. The Balaban J connectivity index is 1.37. The predicted octanol–water partition coefficient (Wildman–Crippen LogP) is 3.16. The van der Waals surface area contributed by atoms with Gasteiger partial charge < -0.3 is 20.1 Å². The summed E-state index contributed by atoms with van der Waals surface area (Å²) in [5.74, 6) is 0.673. The monoisotopic (exact) mass is 485 g/mol. The molecule has 5 rings (SSSR count). The Morgan fingerprint density at radius 1 is 1.29 bits per heavy atom. The summed E-state index contributed by atoms with van der Waals surface area (Å²) in [7, 11) is 0. The number of anilines is 2. The van der Waals surface area contributed by atoms with E-state index in [1.165, 1.54) is 13.1 Å². The largest absolute Gasteiger partial charge is 0.396 e. The molecule has 1 saturated carbocycles. The number of alkyl halides is 1. The molecule has 10 nitrogen and oxygen atoms in total. The number of nitrogens with one attached hydrogen (secondary N) is 1. The van der Waals surface area contributed by atoms with E-state index in [-0.39, 0.29) is 18.3 Å². The second-order valence-electron chi connectivity index (χ2n) is 9.40. The average Bonchev–Trinajstić information content (AvgIpc) is 3.39. The number of rotatable bonds is 6. The Labute approximate surface area is 203 Å². The molecule has 0 radical (unpaired) electrons. The number of aromatic nitrogens is 5. The van der Waals surface area contributed by atoms with Gasteiger partial charge in [-0.1, -0.05) is 0 Å². The maximum absolute atomic E-state index is 14.4. The van der Waals surface area contributed by atoms with Gasteiger partial charge in [0, 0.05) is 38.7 Å². The molecule has 1 unspecified atom stereocenters. The SMILES string of the molecule is CC(F)c1nn(C2CCC(CO)CC2)cc1NC(=O)c1cnn2ccc(N3CCCOCC3)nc12. The van der Waals surface area contributed by atoms with E-state index >= 15 is 0 Å². The van der Waals surface area contributed by atoms with Crippen LogP contribution >= 0.6 is 0 Å². The van der Waals surface area contributed by atoms with Crippen LogP contribution in [0.5, 0.6) is 0 Å². The maximum Gasteiger partial charge on any atom is 0.261 e. The van der Waals surface area contributed by atoms with Gasteiger partial charge in [-0.3, -0.25) is 9.48 Å². The standard InChI is InChI=1S/C24H32FN7O3/c1-16(25)22-20(14-32(29-22)18-5-3-17(15-33)4-6-18)27-24(34)19-13-26-31-9-7-21(28-23(19)31)30-8-2-11-35-12-10-30/h7,9,13-14,16-18,33H,2-6,8,10-12,15H2,1H3,(H,27,34). The van der Waals surface area contributed by atoms with Crippen molar-refractivity contribution >= 4 is 23.1 Å². The number of carbonyl (C=O) groups is 1. The summed E-state index contributed by atoms with van der Waals surface area (Å²) >= 11 is 0. The van der Waals surface area contributed by atoms with Crippen LogP contribution < -0.4 is 10.2 Å². The van der Waals surface area contributed by atoms with Gasteiger partial charge in [0.1, 0.15) is 23.2 Å². The van der Waals surface area contributed by atoms with Gasteiger partial charge in [0.15, 0.2) is 5.65 Å². The van der Waals surface area contributed by atoms with Gasteiger partial charge in [0.25, 0.3) is 5.91 Å². The summed E-state index contributed by atoms with van der Waals surface area (Å²) in [5.41, 5.74) is 1.31. The van der Waals surface area contributed by atoms with Crippen molar-refractivity contribution in [3.8, 4) is 0 Å². The van der Waals surface area contributed by atoms with Crippen LogP contribution in [0.2, 0.25) is 0 Å². The normalized spacial score (nSPS) is 22.2. The molecular weight excluding hydrogens is 453 g/mol. The first-order chi connectivity index (χ1) is 17.0. The van der Waals surface area contributed by atoms with Crippen LogP contribution in [0.4, 0.5) is 15.9 Å².